The van der Waals surface area contributed by atoms with Gasteiger partial charge < -0.3 is 5.11 Å². The molecule has 3 nitrogen and oxygen atoms in total. The zero-order valence-corrected chi connectivity index (χ0v) is 11.4. The van der Waals surface area contributed by atoms with Crippen molar-refractivity contribution in [2.45, 2.75) is 13.8 Å². The maximum Gasteiger partial charge on any atom is 0.332 e. The quantitative estimate of drug-likeness (QED) is 0.844. The van der Waals surface area contributed by atoms with Gasteiger partial charge in [0.15, 0.2) is 0 Å². The summed E-state index contributed by atoms with van der Waals surface area (Å²) in [4.78, 5) is 14.8. The van der Waals surface area contributed by atoms with Crippen LogP contribution in [0.15, 0.2) is 22.4 Å². The lowest BCUT2D eigenvalue weighted by Gasteiger charge is -2.07. The molecule has 1 N–H and O–H groups in total. The molecule has 1 aromatic heterocycles. The monoisotopic (exact) mass is 333 g/mol. The highest BCUT2D eigenvalue weighted by Gasteiger charge is 2.12. The third-order valence-electron chi connectivity index (χ3n) is 2.04. The van der Waals surface area contributed by atoms with Gasteiger partial charge in [-0.15, -0.1) is 0 Å². The van der Waals surface area contributed by atoms with E-state index in [2.05, 4.69) is 36.8 Å². The Hall–Kier alpha value is -0.680. The summed E-state index contributed by atoms with van der Waals surface area (Å²) in [6.07, 6.45) is 3.31. The van der Waals surface area contributed by atoms with Crippen LogP contribution in [-0.2, 0) is 4.79 Å². The van der Waals surface area contributed by atoms with Crippen molar-refractivity contribution in [3.8, 4) is 0 Å². The van der Waals surface area contributed by atoms with E-state index in [-0.39, 0.29) is 5.57 Å². The van der Waals surface area contributed by atoms with Gasteiger partial charge in [-0.2, -0.15) is 0 Å². The maximum absolute atomic E-state index is 10.8. The predicted molar refractivity (Wildman–Crippen MR) is 65.8 cm³/mol. The molecule has 15 heavy (non-hydrogen) atoms. The SMILES string of the molecule is C/C(C(=O)O)=C(/Br)c1cncc(Br)c1C. The van der Waals surface area contributed by atoms with Crippen molar-refractivity contribution in [3.05, 3.63) is 33.6 Å². The Morgan fingerprint density at radius 1 is 1.47 bits per heavy atom. The number of carboxylic acid groups (broad SMARTS) is 1. The molecule has 1 rings (SSSR count). The molecule has 5 heteroatoms. The smallest absolute Gasteiger partial charge is 0.332 e. The Morgan fingerprint density at radius 3 is 2.60 bits per heavy atom. The predicted octanol–water partition coefficient (Wildman–Crippen LogP) is 3.36. The van der Waals surface area contributed by atoms with Crippen LogP contribution >= 0.6 is 31.9 Å². The summed E-state index contributed by atoms with van der Waals surface area (Å²) in [6, 6.07) is 0. The highest BCUT2D eigenvalue weighted by Crippen LogP contribution is 2.30. The average Bonchev–Trinajstić information content (AvgIpc) is 2.20. The molecular weight excluding hydrogens is 326 g/mol. The van der Waals surface area contributed by atoms with Gasteiger partial charge in [0, 0.05) is 32.5 Å². The minimum absolute atomic E-state index is 0.262. The Balaban J connectivity index is 3.35. The van der Waals surface area contributed by atoms with Crippen LogP contribution in [0, 0.1) is 6.92 Å². The van der Waals surface area contributed by atoms with E-state index >= 15 is 0 Å². The van der Waals surface area contributed by atoms with Crippen molar-refractivity contribution in [1.82, 2.24) is 4.98 Å². The van der Waals surface area contributed by atoms with Crippen molar-refractivity contribution in [3.63, 3.8) is 0 Å². The number of nitrogens with zero attached hydrogens (tertiary/aromatic N) is 1. The first-order valence-corrected chi connectivity index (χ1v) is 5.74. The molecule has 0 aliphatic rings. The second kappa shape index (κ2) is 4.90. The first-order valence-electron chi connectivity index (χ1n) is 4.15. The Kier molecular flexibility index (Phi) is 4.04. The first-order chi connectivity index (χ1) is 6.95. The van der Waals surface area contributed by atoms with E-state index in [9.17, 15) is 4.79 Å². The zero-order valence-electron chi connectivity index (χ0n) is 8.21. The normalized spacial score (nSPS) is 12.3. The minimum atomic E-state index is -0.943. The molecule has 0 spiro atoms. The molecule has 0 bridgehead atoms. The molecule has 0 saturated carbocycles. The van der Waals surface area contributed by atoms with Crippen LogP contribution in [0.4, 0.5) is 0 Å². The molecule has 1 heterocycles. The summed E-state index contributed by atoms with van der Waals surface area (Å²) in [5.74, 6) is -0.943. The van der Waals surface area contributed by atoms with Crippen molar-refractivity contribution in [2.24, 2.45) is 0 Å². The fourth-order valence-electron chi connectivity index (χ4n) is 1.02. The molecule has 0 fully saturated rings. The Labute approximate surface area is 104 Å². The van der Waals surface area contributed by atoms with Gasteiger partial charge >= 0.3 is 5.97 Å². The molecule has 0 amide bonds. The van der Waals surface area contributed by atoms with Crippen LogP contribution in [0.5, 0.6) is 0 Å². The first kappa shape index (κ1) is 12.4. The van der Waals surface area contributed by atoms with Gasteiger partial charge in [0.25, 0.3) is 0 Å². The van der Waals surface area contributed by atoms with Crippen molar-refractivity contribution in [1.29, 1.82) is 0 Å². The summed E-state index contributed by atoms with van der Waals surface area (Å²) >= 11 is 6.62. The van der Waals surface area contributed by atoms with E-state index < -0.39 is 5.97 Å². The molecule has 0 saturated heterocycles. The summed E-state index contributed by atoms with van der Waals surface area (Å²) in [6.45, 7) is 3.45. The molecular formula is C10H9Br2NO2. The largest absolute Gasteiger partial charge is 0.478 e. The number of aromatic nitrogens is 1. The maximum atomic E-state index is 10.8. The molecule has 1 aromatic rings. The number of hydrogen-bond acceptors (Lipinski definition) is 2. The fraction of sp³-hybridized carbons (Fsp3) is 0.200. The molecule has 0 unspecified atom stereocenters. The highest BCUT2D eigenvalue weighted by atomic mass is 79.9. The van der Waals surface area contributed by atoms with Crippen LogP contribution in [0.2, 0.25) is 0 Å². The van der Waals surface area contributed by atoms with Crippen molar-refractivity contribution in [2.75, 3.05) is 0 Å². The van der Waals surface area contributed by atoms with Crippen LogP contribution in [0.1, 0.15) is 18.1 Å². The number of hydrogen-bond donors (Lipinski definition) is 1. The summed E-state index contributed by atoms with van der Waals surface area (Å²) in [7, 11) is 0. The Morgan fingerprint density at radius 2 is 2.07 bits per heavy atom. The van der Waals surface area contributed by atoms with Crippen LogP contribution < -0.4 is 0 Å². The summed E-state index contributed by atoms with van der Waals surface area (Å²) < 4.78 is 1.41. The highest BCUT2D eigenvalue weighted by molar-refractivity contribution is 9.15. The Bertz CT molecular complexity index is 441. The topological polar surface area (TPSA) is 50.2 Å². The van der Waals surface area contributed by atoms with Gasteiger partial charge in [0.05, 0.1) is 0 Å². The summed E-state index contributed by atoms with van der Waals surface area (Å²) in [5.41, 5.74) is 2.00. The molecule has 0 aliphatic carbocycles. The van der Waals surface area contributed by atoms with E-state index in [1.165, 1.54) is 0 Å². The molecule has 0 aliphatic heterocycles. The number of pyridine rings is 1. The lowest BCUT2D eigenvalue weighted by Crippen LogP contribution is -1.99. The zero-order chi connectivity index (χ0) is 11.6. The number of aliphatic carboxylic acids is 1. The van der Waals surface area contributed by atoms with Crippen LogP contribution in [0.25, 0.3) is 4.48 Å². The second-order valence-corrected chi connectivity index (χ2v) is 4.69. The van der Waals surface area contributed by atoms with Gasteiger partial charge in [-0.25, -0.2) is 4.79 Å². The van der Waals surface area contributed by atoms with E-state index in [0.717, 1.165) is 15.6 Å². The fourth-order valence-corrected chi connectivity index (χ4v) is 1.92. The molecule has 0 radical (unpaired) electrons. The van der Waals surface area contributed by atoms with Crippen LogP contribution in [0.3, 0.4) is 0 Å². The standard InChI is InChI=1S/C10H9Br2NO2/c1-5-7(3-13-4-8(5)11)9(12)6(2)10(14)15/h3-4H,1-2H3,(H,14,15)/b9-6-. The van der Waals surface area contributed by atoms with E-state index in [1.54, 1.807) is 19.3 Å². The minimum Gasteiger partial charge on any atom is -0.478 e. The van der Waals surface area contributed by atoms with E-state index in [0.29, 0.717) is 4.48 Å². The average molecular weight is 335 g/mol. The van der Waals surface area contributed by atoms with Gasteiger partial charge in [-0.05, 0) is 51.3 Å². The van der Waals surface area contributed by atoms with Crippen LogP contribution in [-0.4, -0.2) is 16.1 Å². The second-order valence-electron chi connectivity index (χ2n) is 3.04. The third kappa shape index (κ3) is 2.66. The number of carboxylic acids is 1. The number of carbonyl (C=O) groups is 1. The third-order valence-corrected chi connectivity index (χ3v) is 3.86. The van der Waals surface area contributed by atoms with Gasteiger partial charge in [0.2, 0.25) is 0 Å². The van der Waals surface area contributed by atoms with Crippen molar-refractivity contribution < 1.29 is 9.90 Å². The molecule has 0 aromatic carbocycles. The summed E-state index contributed by atoms with van der Waals surface area (Å²) in [5, 5.41) is 8.85. The number of halogens is 2. The van der Waals surface area contributed by atoms with E-state index in [4.69, 9.17) is 5.11 Å². The van der Waals surface area contributed by atoms with Gasteiger partial charge in [-0.1, -0.05) is 0 Å². The lowest BCUT2D eigenvalue weighted by molar-refractivity contribution is -0.132. The number of rotatable bonds is 2. The lowest BCUT2D eigenvalue weighted by atomic mass is 10.1. The van der Waals surface area contributed by atoms with Gasteiger partial charge in [0.1, 0.15) is 0 Å². The molecule has 80 valence electrons. The van der Waals surface area contributed by atoms with Gasteiger partial charge in [-0.3, -0.25) is 4.98 Å². The van der Waals surface area contributed by atoms with Crippen molar-refractivity contribution >= 4 is 42.3 Å². The van der Waals surface area contributed by atoms with E-state index in [1.807, 2.05) is 6.92 Å². The molecule has 0 atom stereocenters.